The number of aromatic nitrogens is 3. The molecule has 1 heterocycles. The van der Waals surface area contributed by atoms with Crippen LogP contribution in [0.2, 0.25) is 0 Å². The maximum atomic E-state index is 5.89. The lowest BCUT2D eigenvalue weighted by Crippen LogP contribution is -2.36. The topological polar surface area (TPSA) is 68.8 Å². The van der Waals surface area contributed by atoms with Gasteiger partial charge < -0.3 is 11.1 Å². The van der Waals surface area contributed by atoms with Crippen molar-refractivity contribution < 1.29 is 0 Å². The summed E-state index contributed by atoms with van der Waals surface area (Å²) >= 11 is 0. The number of hydrogen-bond acceptors (Lipinski definition) is 4. The molecule has 0 saturated heterocycles. The molecule has 0 bridgehead atoms. The zero-order valence-electron chi connectivity index (χ0n) is 11.6. The Morgan fingerprint density at radius 2 is 2.00 bits per heavy atom. The monoisotopic (exact) mass is 271 g/mol. The molecule has 0 spiro atoms. The second-order valence-electron chi connectivity index (χ2n) is 5.45. The van der Waals surface area contributed by atoms with E-state index in [1.54, 1.807) is 12.7 Å². The van der Waals surface area contributed by atoms with E-state index in [1.807, 2.05) is 4.57 Å². The van der Waals surface area contributed by atoms with Gasteiger partial charge in [0.15, 0.2) is 0 Å². The fourth-order valence-corrected chi connectivity index (χ4v) is 2.98. The lowest BCUT2D eigenvalue weighted by atomic mass is 9.84. The quantitative estimate of drug-likeness (QED) is 0.894. The fourth-order valence-electron chi connectivity index (χ4n) is 2.98. The van der Waals surface area contributed by atoms with Crippen molar-refractivity contribution in [3.05, 3.63) is 36.9 Å². The normalized spacial score (nSPS) is 22.6. The third-order valence-electron chi connectivity index (χ3n) is 4.13. The Balaban J connectivity index is 1.75. The number of rotatable bonds is 4. The van der Waals surface area contributed by atoms with E-state index in [4.69, 9.17) is 5.73 Å². The Kier molecular flexibility index (Phi) is 3.97. The highest BCUT2D eigenvalue weighted by molar-refractivity contribution is 5.51. The van der Waals surface area contributed by atoms with Crippen molar-refractivity contribution in [1.29, 1.82) is 0 Å². The van der Waals surface area contributed by atoms with Crippen molar-refractivity contribution in [3.8, 4) is 5.69 Å². The molecule has 2 aromatic rings. The van der Waals surface area contributed by atoms with Crippen LogP contribution >= 0.6 is 0 Å². The molecule has 3 rings (SSSR count). The Morgan fingerprint density at radius 3 is 2.80 bits per heavy atom. The Morgan fingerprint density at radius 1 is 1.20 bits per heavy atom. The molecule has 1 aromatic heterocycles. The van der Waals surface area contributed by atoms with Gasteiger partial charge in [-0.15, -0.1) is 10.2 Å². The van der Waals surface area contributed by atoms with Crippen LogP contribution in [0.25, 0.3) is 5.69 Å². The van der Waals surface area contributed by atoms with Crippen LogP contribution in [0.3, 0.4) is 0 Å². The van der Waals surface area contributed by atoms with Crippen LogP contribution in [0, 0.1) is 5.92 Å². The van der Waals surface area contributed by atoms with Crippen LogP contribution in [0.15, 0.2) is 36.9 Å². The van der Waals surface area contributed by atoms with Crippen molar-refractivity contribution in [2.75, 3.05) is 11.9 Å². The summed E-state index contributed by atoms with van der Waals surface area (Å²) in [7, 11) is 0. The van der Waals surface area contributed by atoms with Gasteiger partial charge in [0.1, 0.15) is 12.7 Å². The second kappa shape index (κ2) is 6.05. The van der Waals surface area contributed by atoms with Gasteiger partial charge in [0.25, 0.3) is 0 Å². The molecule has 5 nitrogen and oxygen atoms in total. The van der Waals surface area contributed by atoms with E-state index < -0.39 is 0 Å². The van der Waals surface area contributed by atoms with Crippen LogP contribution in [0.4, 0.5) is 5.69 Å². The summed E-state index contributed by atoms with van der Waals surface area (Å²) < 4.78 is 1.91. The van der Waals surface area contributed by atoms with Crippen LogP contribution in [0.1, 0.15) is 25.7 Å². The van der Waals surface area contributed by atoms with E-state index in [9.17, 15) is 0 Å². The maximum Gasteiger partial charge on any atom is 0.123 e. The minimum Gasteiger partial charge on any atom is -0.382 e. The van der Waals surface area contributed by atoms with Crippen LogP contribution in [-0.2, 0) is 0 Å². The van der Waals surface area contributed by atoms with Gasteiger partial charge in [0.2, 0.25) is 0 Å². The Hall–Kier alpha value is -1.88. The molecule has 1 aliphatic carbocycles. The van der Waals surface area contributed by atoms with E-state index in [0.29, 0.717) is 12.0 Å². The number of nitrogens with zero attached hydrogens (tertiary/aromatic N) is 3. The van der Waals surface area contributed by atoms with Crippen molar-refractivity contribution in [3.63, 3.8) is 0 Å². The summed E-state index contributed by atoms with van der Waals surface area (Å²) in [4.78, 5) is 0. The zero-order valence-corrected chi connectivity index (χ0v) is 11.6. The summed E-state index contributed by atoms with van der Waals surface area (Å²) in [5.41, 5.74) is 8.10. The van der Waals surface area contributed by atoms with Gasteiger partial charge in [0.05, 0.1) is 5.69 Å². The number of anilines is 1. The largest absolute Gasteiger partial charge is 0.382 e. The summed E-state index contributed by atoms with van der Waals surface area (Å²) in [5.74, 6) is 0.585. The number of nitrogens with one attached hydrogen (secondary N) is 1. The van der Waals surface area contributed by atoms with Gasteiger partial charge in [-0.05, 0) is 43.5 Å². The van der Waals surface area contributed by atoms with Crippen molar-refractivity contribution in [2.45, 2.75) is 31.7 Å². The average Bonchev–Trinajstić information content (AvgIpc) is 3.02. The Labute approximate surface area is 119 Å². The second-order valence-corrected chi connectivity index (χ2v) is 5.45. The highest BCUT2D eigenvalue weighted by Crippen LogP contribution is 2.27. The molecule has 0 radical (unpaired) electrons. The van der Waals surface area contributed by atoms with Gasteiger partial charge in [-0.1, -0.05) is 18.9 Å². The van der Waals surface area contributed by atoms with Crippen LogP contribution < -0.4 is 11.1 Å². The summed E-state index contributed by atoms with van der Waals surface area (Å²) in [6.45, 7) is 0.767. The molecule has 0 aliphatic heterocycles. The first kappa shape index (κ1) is 13.1. The lowest BCUT2D eigenvalue weighted by molar-refractivity contribution is 0.332. The van der Waals surface area contributed by atoms with Gasteiger partial charge in [-0.2, -0.15) is 0 Å². The smallest absolute Gasteiger partial charge is 0.123 e. The fraction of sp³-hybridized carbons (Fsp3) is 0.467. The van der Waals surface area contributed by atoms with E-state index in [2.05, 4.69) is 39.8 Å². The van der Waals surface area contributed by atoms with Gasteiger partial charge in [-0.25, -0.2) is 0 Å². The third-order valence-corrected chi connectivity index (χ3v) is 4.13. The van der Waals surface area contributed by atoms with Crippen molar-refractivity contribution >= 4 is 5.69 Å². The standard InChI is InChI=1S/C15H21N5/c16-9-12-4-1-2-7-15(12)19-13-5-3-6-14(8-13)20-10-17-18-11-20/h3,5-6,8,10-12,15,19H,1-2,4,7,9,16H2. The highest BCUT2D eigenvalue weighted by atomic mass is 15.2. The summed E-state index contributed by atoms with van der Waals surface area (Å²) in [6, 6.07) is 8.83. The molecule has 1 aliphatic rings. The van der Waals surface area contributed by atoms with Crippen LogP contribution in [-0.4, -0.2) is 27.4 Å². The van der Waals surface area contributed by atoms with E-state index in [-0.39, 0.29) is 0 Å². The third kappa shape index (κ3) is 2.82. The van der Waals surface area contributed by atoms with Crippen molar-refractivity contribution in [2.24, 2.45) is 11.7 Å². The first-order valence-corrected chi connectivity index (χ1v) is 7.28. The molecule has 1 fully saturated rings. The highest BCUT2D eigenvalue weighted by Gasteiger charge is 2.23. The lowest BCUT2D eigenvalue weighted by Gasteiger charge is -2.32. The Bertz CT molecular complexity index is 537. The van der Waals surface area contributed by atoms with Gasteiger partial charge in [0, 0.05) is 11.7 Å². The van der Waals surface area contributed by atoms with E-state index >= 15 is 0 Å². The molecule has 1 aromatic carbocycles. The van der Waals surface area contributed by atoms with Crippen LogP contribution in [0.5, 0.6) is 0 Å². The number of nitrogens with two attached hydrogens (primary N) is 1. The molecule has 106 valence electrons. The minimum atomic E-state index is 0.491. The maximum absolute atomic E-state index is 5.89. The molecule has 2 atom stereocenters. The molecule has 1 saturated carbocycles. The first-order valence-electron chi connectivity index (χ1n) is 7.28. The zero-order chi connectivity index (χ0) is 13.8. The predicted octanol–water partition coefficient (Wildman–Crippen LogP) is 2.20. The molecule has 20 heavy (non-hydrogen) atoms. The predicted molar refractivity (Wildman–Crippen MR) is 79.8 cm³/mol. The van der Waals surface area contributed by atoms with E-state index in [1.165, 1.54) is 25.7 Å². The average molecular weight is 271 g/mol. The molecular weight excluding hydrogens is 250 g/mol. The molecule has 0 amide bonds. The molecule has 2 unspecified atom stereocenters. The molecule has 3 N–H and O–H groups in total. The molecular formula is C15H21N5. The first-order chi connectivity index (χ1) is 9.86. The van der Waals surface area contributed by atoms with Gasteiger partial charge in [-0.3, -0.25) is 4.57 Å². The summed E-state index contributed by atoms with van der Waals surface area (Å²) in [5, 5.41) is 11.3. The van der Waals surface area contributed by atoms with Gasteiger partial charge >= 0.3 is 0 Å². The SMILES string of the molecule is NCC1CCCCC1Nc1cccc(-n2cnnc2)c1. The minimum absolute atomic E-state index is 0.491. The number of benzene rings is 1. The van der Waals surface area contributed by atoms with Crippen molar-refractivity contribution in [1.82, 2.24) is 14.8 Å². The van der Waals surface area contributed by atoms with E-state index in [0.717, 1.165) is 17.9 Å². The number of hydrogen-bond donors (Lipinski definition) is 2. The summed E-state index contributed by atoms with van der Waals surface area (Å²) in [6.07, 6.45) is 8.46. The molecule has 5 heteroatoms.